The number of rotatable bonds is 5. The normalized spacial score (nSPS) is 10.7. The van der Waals surface area contributed by atoms with Gasteiger partial charge in [0.15, 0.2) is 0 Å². The van der Waals surface area contributed by atoms with E-state index in [-0.39, 0.29) is 0 Å². The molecule has 21 heavy (non-hydrogen) atoms. The van der Waals surface area contributed by atoms with Crippen molar-refractivity contribution in [3.05, 3.63) is 60.4 Å². The van der Waals surface area contributed by atoms with Gasteiger partial charge in [-0.1, -0.05) is 24.3 Å². The van der Waals surface area contributed by atoms with E-state index < -0.39 is 0 Å². The molecule has 0 saturated heterocycles. The first-order valence-corrected chi connectivity index (χ1v) is 6.93. The second-order valence-electron chi connectivity index (χ2n) is 4.81. The number of phenols is 1. The fraction of sp³-hybridized carbons (Fsp3) is 0.176. The second kappa shape index (κ2) is 6.22. The Balaban J connectivity index is 1.58. The number of nitrogens with zero attached hydrogens (tertiary/aromatic N) is 2. The van der Waals surface area contributed by atoms with Crippen molar-refractivity contribution >= 4 is 10.9 Å². The fourth-order valence-electron chi connectivity index (χ4n) is 2.20. The summed E-state index contributed by atoms with van der Waals surface area (Å²) in [7, 11) is 0. The first-order valence-electron chi connectivity index (χ1n) is 6.93. The zero-order chi connectivity index (χ0) is 14.5. The van der Waals surface area contributed by atoms with Crippen molar-refractivity contribution in [2.75, 3.05) is 6.61 Å². The molecule has 1 aromatic heterocycles. The van der Waals surface area contributed by atoms with Gasteiger partial charge >= 0.3 is 0 Å². The summed E-state index contributed by atoms with van der Waals surface area (Å²) in [6, 6.07) is 15.1. The van der Waals surface area contributed by atoms with Gasteiger partial charge < -0.3 is 9.84 Å². The largest absolute Gasteiger partial charge is 0.508 e. The Bertz CT molecular complexity index is 721. The molecular weight excluding hydrogens is 264 g/mol. The van der Waals surface area contributed by atoms with E-state index in [1.165, 1.54) is 11.9 Å². The molecule has 0 unspecified atom stereocenters. The van der Waals surface area contributed by atoms with Crippen LogP contribution in [-0.2, 0) is 6.42 Å². The lowest BCUT2D eigenvalue weighted by molar-refractivity contribution is 0.303. The maximum Gasteiger partial charge on any atom is 0.224 e. The predicted molar refractivity (Wildman–Crippen MR) is 81.5 cm³/mol. The molecule has 0 fully saturated rings. The molecular formula is C17H16N2O2. The molecule has 3 aromatic rings. The lowest BCUT2D eigenvalue weighted by Gasteiger charge is -2.07. The highest BCUT2D eigenvalue weighted by Crippen LogP contribution is 2.20. The van der Waals surface area contributed by atoms with E-state index >= 15 is 0 Å². The highest BCUT2D eigenvalue weighted by atomic mass is 16.5. The summed E-state index contributed by atoms with van der Waals surface area (Å²) < 4.78 is 5.76. The number of phenolic OH excluding ortho intramolecular Hbond substituents is 1. The van der Waals surface area contributed by atoms with Gasteiger partial charge in [0.2, 0.25) is 5.88 Å². The van der Waals surface area contributed by atoms with Crippen molar-refractivity contribution in [2.24, 2.45) is 0 Å². The predicted octanol–water partition coefficient (Wildman–Crippen LogP) is 3.35. The summed E-state index contributed by atoms with van der Waals surface area (Å²) in [5.74, 6) is 0.925. The molecule has 0 radical (unpaired) electrons. The Morgan fingerprint density at radius 1 is 0.952 bits per heavy atom. The first-order chi connectivity index (χ1) is 10.3. The summed E-state index contributed by atoms with van der Waals surface area (Å²) >= 11 is 0. The van der Waals surface area contributed by atoms with Gasteiger partial charge in [-0.05, 0) is 42.7 Å². The third kappa shape index (κ3) is 3.28. The zero-order valence-corrected chi connectivity index (χ0v) is 11.6. The molecule has 0 atom stereocenters. The lowest BCUT2D eigenvalue weighted by atomic mass is 10.1. The summed E-state index contributed by atoms with van der Waals surface area (Å²) in [6.07, 6.45) is 3.32. The molecule has 0 saturated carbocycles. The van der Waals surface area contributed by atoms with Gasteiger partial charge in [0.1, 0.15) is 12.1 Å². The summed E-state index contributed by atoms with van der Waals surface area (Å²) in [4.78, 5) is 8.41. The number of hydrogen-bond acceptors (Lipinski definition) is 4. The molecule has 1 heterocycles. The topological polar surface area (TPSA) is 55.2 Å². The minimum atomic E-state index is 0.294. The van der Waals surface area contributed by atoms with Gasteiger partial charge in [0.05, 0.1) is 17.5 Å². The first kappa shape index (κ1) is 13.4. The third-order valence-electron chi connectivity index (χ3n) is 3.29. The van der Waals surface area contributed by atoms with Gasteiger partial charge in [-0.3, -0.25) is 0 Å². The Morgan fingerprint density at radius 3 is 2.62 bits per heavy atom. The number of hydrogen-bond donors (Lipinski definition) is 1. The molecule has 0 amide bonds. The maximum absolute atomic E-state index is 9.24. The third-order valence-corrected chi connectivity index (χ3v) is 3.29. The Hall–Kier alpha value is -2.62. The van der Waals surface area contributed by atoms with Crippen molar-refractivity contribution in [3.8, 4) is 11.6 Å². The van der Waals surface area contributed by atoms with Crippen LogP contribution in [0.4, 0.5) is 0 Å². The van der Waals surface area contributed by atoms with Crippen LogP contribution in [0.15, 0.2) is 54.9 Å². The fourth-order valence-corrected chi connectivity index (χ4v) is 2.20. The maximum atomic E-state index is 9.24. The van der Waals surface area contributed by atoms with Gasteiger partial charge in [-0.2, -0.15) is 0 Å². The molecule has 4 heteroatoms. The van der Waals surface area contributed by atoms with Crippen LogP contribution < -0.4 is 4.74 Å². The molecule has 1 N–H and O–H groups in total. The average molecular weight is 280 g/mol. The highest BCUT2D eigenvalue weighted by Gasteiger charge is 2.03. The molecule has 106 valence electrons. The molecule has 0 aliphatic carbocycles. The van der Waals surface area contributed by atoms with E-state index in [9.17, 15) is 5.11 Å². The minimum Gasteiger partial charge on any atom is -0.508 e. The smallest absolute Gasteiger partial charge is 0.224 e. The number of aryl methyl sites for hydroxylation is 1. The van der Waals surface area contributed by atoms with E-state index in [0.29, 0.717) is 18.2 Å². The van der Waals surface area contributed by atoms with Crippen molar-refractivity contribution in [3.63, 3.8) is 0 Å². The number of benzene rings is 2. The summed E-state index contributed by atoms with van der Waals surface area (Å²) in [5.41, 5.74) is 2.07. The van der Waals surface area contributed by atoms with Crippen LogP contribution in [0.2, 0.25) is 0 Å². The van der Waals surface area contributed by atoms with E-state index in [1.807, 2.05) is 36.4 Å². The van der Waals surface area contributed by atoms with E-state index in [1.54, 1.807) is 12.1 Å². The molecule has 2 aromatic carbocycles. The van der Waals surface area contributed by atoms with Crippen LogP contribution in [0.3, 0.4) is 0 Å². The molecule has 0 aliphatic heterocycles. The minimum absolute atomic E-state index is 0.294. The molecule has 4 nitrogen and oxygen atoms in total. The average Bonchev–Trinajstić information content (AvgIpc) is 2.53. The van der Waals surface area contributed by atoms with Crippen molar-refractivity contribution in [1.29, 1.82) is 0 Å². The van der Waals surface area contributed by atoms with Crippen molar-refractivity contribution in [2.45, 2.75) is 12.8 Å². The van der Waals surface area contributed by atoms with E-state index in [2.05, 4.69) is 9.97 Å². The van der Waals surface area contributed by atoms with Crippen LogP contribution >= 0.6 is 0 Å². The Labute approximate surface area is 123 Å². The van der Waals surface area contributed by atoms with Crippen LogP contribution in [0.1, 0.15) is 12.0 Å². The van der Waals surface area contributed by atoms with E-state index in [0.717, 1.165) is 23.7 Å². The van der Waals surface area contributed by atoms with Gasteiger partial charge in [0, 0.05) is 0 Å². The van der Waals surface area contributed by atoms with E-state index in [4.69, 9.17) is 4.74 Å². The quantitative estimate of drug-likeness (QED) is 0.728. The molecule has 0 bridgehead atoms. The van der Waals surface area contributed by atoms with Crippen LogP contribution in [0.5, 0.6) is 11.6 Å². The number of ether oxygens (including phenoxy) is 1. The summed E-state index contributed by atoms with van der Waals surface area (Å²) in [5, 5.41) is 10.2. The van der Waals surface area contributed by atoms with Gasteiger partial charge in [-0.25, -0.2) is 9.97 Å². The highest BCUT2D eigenvalue weighted by molar-refractivity contribution is 5.82. The Kier molecular flexibility index (Phi) is 3.96. The molecule has 0 aliphatic rings. The zero-order valence-electron chi connectivity index (χ0n) is 11.6. The monoisotopic (exact) mass is 280 g/mol. The standard InChI is InChI=1S/C17H16N2O2/c20-14-9-7-13(8-10-14)4-3-11-21-17-15-5-1-2-6-16(15)18-12-19-17/h1-2,5-10,12,20H,3-4,11H2. The number of aromatic hydroxyl groups is 1. The van der Waals surface area contributed by atoms with Crippen LogP contribution in [0.25, 0.3) is 10.9 Å². The van der Waals surface area contributed by atoms with Crippen LogP contribution in [-0.4, -0.2) is 21.7 Å². The second-order valence-corrected chi connectivity index (χ2v) is 4.81. The number of para-hydroxylation sites is 1. The molecule has 3 rings (SSSR count). The van der Waals surface area contributed by atoms with Gasteiger partial charge in [0.25, 0.3) is 0 Å². The number of fused-ring (bicyclic) bond motifs is 1. The van der Waals surface area contributed by atoms with Crippen LogP contribution in [0, 0.1) is 0 Å². The van der Waals surface area contributed by atoms with Crippen molar-refractivity contribution < 1.29 is 9.84 Å². The lowest BCUT2D eigenvalue weighted by Crippen LogP contribution is -2.01. The number of aromatic nitrogens is 2. The Morgan fingerprint density at radius 2 is 1.76 bits per heavy atom. The molecule has 0 spiro atoms. The van der Waals surface area contributed by atoms with Gasteiger partial charge in [-0.15, -0.1) is 0 Å². The summed E-state index contributed by atoms with van der Waals surface area (Å²) in [6.45, 7) is 0.599. The van der Waals surface area contributed by atoms with Crippen molar-refractivity contribution in [1.82, 2.24) is 9.97 Å². The SMILES string of the molecule is Oc1ccc(CCCOc2ncnc3ccccc23)cc1.